The molecule has 2 N–H and O–H groups in total. The Balaban J connectivity index is 1.75. The molecule has 1 unspecified atom stereocenters. The van der Waals surface area contributed by atoms with Crippen LogP contribution in [-0.4, -0.2) is 40.7 Å². The highest BCUT2D eigenvalue weighted by molar-refractivity contribution is 5.93. The lowest BCUT2D eigenvalue weighted by atomic mass is 9.97. The van der Waals surface area contributed by atoms with Crippen molar-refractivity contribution in [2.75, 3.05) is 25.0 Å². The number of aromatic amines is 1. The zero-order valence-electron chi connectivity index (χ0n) is 14.9. The molecular weight excluding hydrogens is 330 g/mol. The SMILES string of the molecule is CCCOc1cc(NC(=O)C2CCCN(C#N)C2)ccc1-c1ccn[nH]1. The second-order valence-electron chi connectivity index (χ2n) is 6.40. The zero-order chi connectivity index (χ0) is 18.4. The summed E-state index contributed by atoms with van der Waals surface area (Å²) in [7, 11) is 0. The Morgan fingerprint density at radius 2 is 2.38 bits per heavy atom. The lowest BCUT2D eigenvalue weighted by Crippen LogP contribution is -2.38. The Morgan fingerprint density at radius 1 is 1.50 bits per heavy atom. The van der Waals surface area contributed by atoms with E-state index in [1.807, 2.05) is 31.2 Å². The first-order valence-corrected chi connectivity index (χ1v) is 8.93. The van der Waals surface area contributed by atoms with Gasteiger partial charge in [0.05, 0.1) is 18.2 Å². The van der Waals surface area contributed by atoms with Gasteiger partial charge in [-0.05, 0) is 37.5 Å². The largest absolute Gasteiger partial charge is 0.493 e. The molecule has 1 aromatic heterocycles. The molecule has 1 fully saturated rings. The van der Waals surface area contributed by atoms with Crippen LogP contribution in [0, 0.1) is 17.4 Å². The van der Waals surface area contributed by atoms with Crippen LogP contribution in [0.25, 0.3) is 11.3 Å². The molecule has 1 aromatic carbocycles. The van der Waals surface area contributed by atoms with Gasteiger partial charge in [0.2, 0.25) is 5.91 Å². The number of piperidine rings is 1. The number of nitrogens with zero attached hydrogens (tertiary/aromatic N) is 3. The van der Waals surface area contributed by atoms with E-state index in [0.29, 0.717) is 24.6 Å². The van der Waals surface area contributed by atoms with Crippen LogP contribution in [-0.2, 0) is 4.79 Å². The lowest BCUT2D eigenvalue weighted by Gasteiger charge is -2.27. The van der Waals surface area contributed by atoms with E-state index in [1.165, 1.54) is 0 Å². The quantitative estimate of drug-likeness (QED) is 0.779. The van der Waals surface area contributed by atoms with Gasteiger partial charge in [0, 0.05) is 36.6 Å². The molecule has 0 saturated carbocycles. The van der Waals surface area contributed by atoms with Gasteiger partial charge in [-0.15, -0.1) is 0 Å². The number of hydrogen-bond donors (Lipinski definition) is 2. The number of nitriles is 1. The first-order chi connectivity index (χ1) is 12.7. The van der Waals surface area contributed by atoms with Crippen LogP contribution in [0.5, 0.6) is 5.75 Å². The van der Waals surface area contributed by atoms with Gasteiger partial charge in [-0.2, -0.15) is 10.4 Å². The maximum absolute atomic E-state index is 12.6. The Morgan fingerprint density at radius 3 is 3.12 bits per heavy atom. The van der Waals surface area contributed by atoms with Crippen LogP contribution in [0.1, 0.15) is 26.2 Å². The summed E-state index contributed by atoms with van der Waals surface area (Å²) < 4.78 is 5.86. The zero-order valence-corrected chi connectivity index (χ0v) is 14.9. The minimum Gasteiger partial charge on any atom is -0.493 e. The summed E-state index contributed by atoms with van der Waals surface area (Å²) in [6.07, 6.45) is 6.38. The van der Waals surface area contributed by atoms with E-state index >= 15 is 0 Å². The predicted molar refractivity (Wildman–Crippen MR) is 98.3 cm³/mol. The van der Waals surface area contributed by atoms with Crippen molar-refractivity contribution in [3.8, 4) is 23.2 Å². The average Bonchev–Trinajstić information content (AvgIpc) is 3.21. The third-order valence-electron chi connectivity index (χ3n) is 4.44. The number of benzene rings is 1. The fourth-order valence-corrected chi connectivity index (χ4v) is 3.09. The molecule has 2 heterocycles. The molecule has 26 heavy (non-hydrogen) atoms. The molecule has 136 valence electrons. The second kappa shape index (κ2) is 8.39. The Hall–Kier alpha value is -3.01. The first kappa shape index (κ1) is 17.8. The third-order valence-corrected chi connectivity index (χ3v) is 4.44. The molecule has 2 aromatic rings. The maximum Gasteiger partial charge on any atom is 0.229 e. The molecule has 1 aliphatic heterocycles. The van der Waals surface area contributed by atoms with E-state index in [9.17, 15) is 4.79 Å². The van der Waals surface area contributed by atoms with Crippen molar-refractivity contribution >= 4 is 11.6 Å². The van der Waals surface area contributed by atoms with Crippen LogP contribution in [0.15, 0.2) is 30.5 Å². The molecule has 1 amide bonds. The second-order valence-corrected chi connectivity index (χ2v) is 6.40. The summed E-state index contributed by atoms with van der Waals surface area (Å²) in [5.74, 6) is 0.479. The number of ether oxygens (including phenoxy) is 1. The Kier molecular flexibility index (Phi) is 5.74. The molecule has 0 radical (unpaired) electrons. The summed E-state index contributed by atoms with van der Waals surface area (Å²) >= 11 is 0. The third kappa shape index (κ3) is 4.14. The van der Waals surface area contributed by atoms with Gasteiger partial charge in [0.25, 0.3) is 0 Å². The number of amides is 1. The topological polar surface area (TPSA) is 94.0 Å². The number of aromatic nitrogens is 2. The molecule has 7 heteroatoms. The van der Waals surface area contributed by atoms with Crippen molar-refractivity contribution in [1.82, 2.24) is 15.1 Å². The van der Waals surface area contributed by atoms with Gasteiger partial charge in [0.1, 0.15) is 5.75 Å². The van der Waals surface area contributed by atoms with Crippen LogP contribution >= 0.6 is 0 Å². The van der Waals surface area contributed by atoms with Crippen molar-refractivity contribution in [1.29, 1.82) is 5.26 Å². The van der Waals surface area contributed by atoms with E-state index < -0.39 is 0 Å². The number of H-pyrrole nitrogens is 1. The van der Waals surface area contributed by atoms with Crippen molar-refractivity contribution in [2.24, 2.45) is 5.92 Å². The highest BCUT2D eigenvalue weighted by atomic mass is 16.5. The molecular formula is C19H23N5O2. The molecule has 0 bridgehead atoms. The van der Waals surface area contributed by atoms with Crippen molar-refractivity contribution in [3.63, 3.8) is 0 Å². The summed E-state index contributed by atoms with van der Waals surface area (Å²) in [5.41, 5.74) is 2.46. The average molecular weight is 353 g/mol. The summed E-state index contributed by atoms with van der Waals surface area (Å²) in [4.78, 5) is 14.2. The minimum absolute atomic E-state index is 0.0549. The van der Waals surface area contributed by atoms with Gasteiger partial charge in [-0.1, -0.05) is 6.92 Å². The highest BCUT2D eigenvalue weighted by Gasteiger charge is 2.25. The van der Waals surface area contributed by atoms with Crippen LogP contribution < -0.4 is 10.1 Å². The number of anilines is 1. The first-order valence-electron chi connectivity index (χ1n) is 8.93. The van der Waals surface area contributed by atoms with Crippen molar-refractivity contribution in [2.45, 2.75) is 26.2 Å². The number of carbonyl (C=O) groups excluding carboxylic acids is 1. The predicted octanol–water partition coefficient (Wildman–Crippen LogP) is 3.00. The van der Waals surface area contributed by atoms with Gasteiger partial charge < -0.3 is 15.0 Å². The summed E-state index contributed by atoms with van der Waals surface area (Å²) in [6.45, 7) is 3.85. The molecule has 1 atom stereocenters. The van der Waals surface area contributed by atoms with Crippen LogP contribution in [0.4, 0.5) is 5.69 Å². The van der Waals surface area contributed by atoms with Gasteiger partial charge >= 0.3 is 0 Å². The monoisotopic (exact) mass is 353 g/mol. The van der Waals surface area contributed by atoms with E-state index in [1.54, 1.807) is 11.1 Å². The molecule has 3 rings (SSSR count). The highest BCUT2D eigenvalue weighted by Crippen LogP contribution is 2.32. The van der Waals surface area contributed by atoms with E-state index in [2.05, 4.69) is 21.7 Å². The van der Waals surface area contributed by atoms with Crippen LogP contribution in [0.3, 0.4) is 0 Å². The number of hydrogen-bond acceptors (Lipinski definition) is 5. The van der Waals surface area contributed by atoms with E-state index in [-0.39, 0.29) is 11.8 Å². The van der Waals surface area contributed by atoms with Gasteiger partial charge in [-0.25, -0.2) is 0 Å². The van der Waals surface area contributed by atoms with Crippen molar-refractivity contribution in [3.05, 3.63) is 30.5 Å². The van der Waals surface area contributed by atoms with Gasteiger partial charge in [-0.3, -0.25) is 9.89 Å². The molecule has 0 aliphatic carbocycles. The van der Waals surface area contributed by atoms with E-state index in [4.69, 9.17) is 10.00 Å². The normalized spacial score (nSPS) is 16.8. The maximum atomic E-state index is 12.6. The summed E-state index contributed by atoms with van der Waals surface area (Å²) in [6, 6.07) is 7.49. The smallest absolute Gasteiger partial charge is 0.229 e. The van der Waals surface area contributed by atoms with Crippen molar-refractivity contribution < 1.29 is 9.53 Å². The van der Waals surface area contributed by atoms with Gasteiger partial charge in [0.15, 0.2) is 6.19 Å². The number of rotatable bonds is 6. The molecule has 1 aliphatic rings. The van der Waals surface area contributed by atoms with E-state index in [0.717, 1.165) is 37.1 Å². The number of carbonyl (C=O) groups is 1. The fraction of sp³-hybridized carbons (Fsp3) is 0.421. The summed E-state index contributed by atoms with van der Waals surface area (Å²) in [5, 5.41) is 18.9. The minimum atomic E-state index is -0.171. The fourth-order valence-electron chi connectivity index (χ4n) is 3.09. The Labute approximate surface area is 153 Å². The number of likely N-dealkylation sites (tertiary alicyclic amines) is 1. The lowest BCUT2D eigenvalue weighted by molar-refractivity contribution is -0.121. The Bertz CT molecular complexity index is 782. The van der Waals surface area contributed by atoms with Crippen LogP contribution in [0.2, 0.25) is 0 Å². The number of nitrogens with one attached hydrogen (secondary N) is 2. The molecule has 7 nitrogen and oxygen atoms in total. The standard InChI is InChI=1S/C19H23N5O2/c1-2-10-26-18-11-15(5-6-16(18)17-7-8-21-23-17)22-19(25)14-4-3-9-24(12-14)13-20/h5-8,11,14H,2-4,9-10,12H2,1H3,(H,21,23)(H,22,25). The molecule has 0 spiro atoms. The molecule has 1 saturated heterocycles.